The lowest BCUT2D eigenvalue weighted by molar-refractivity contribution is -0.289. The summed E-state index contributed by atoms with van der Waals surface area (Å²) in [5, 5.41) is 4.67. The van der Waals surface area contributed by atoms with Gasteiger partial charge in [-0.3, -0.25) is 19.2 Å². The van der Waals surface area contributed by atoms with Gasteiger partial charge in [-0.15, -0.1) is 5.10 Å². The maximum atomic E-state index is 13.8. The van der Waals surface area contributed by atoms with Crippen LogP contribution in [0.25, 0.3) is 5.69 Å². The highest BCUT2D eigenvalue weighted by atomic mass is 19.1. The molecule has 5 atom stereocenters. The minimum absolute atomic E-state index is 0.0855. The molecule has 0 saturated carbocycles. The van der Waals surface area contributed by atoms with E-state index in [9.17, 15) is 23.6 Å². The zero-order chi connectivity index (χ0) is 33.5. The molecule has 0 radical (unpaired) electrons. The van der Waals surface area contributed by atoms with Crippen LogP contribution < -0.4 is 4.74 Å². The predicted molar refractivity (Wildman–Crippen MR) is 159 cm³/mol. The van der Waals surface area contributed by atoms with E-state index in [0.29, 0.717) is 23.4 Å². The van der Waals surface area contributed by atoms with Crippen molar-refractivity contribution in [2.75, 3.05) is 6.61 Å². The molecule has 13 heteroatoms. The van der Waals surface area contributed by atoms with Crippen LogP contribution in [0.2, 0.25) is 0 Å². The number of esters is 4. The topological polar surface area (TPSA) is 141 Å². The second-order valence-electron chi connectivity index (χ2n) is 10.8. The zero-order valence-corrected chi connectivity index (χ0v) is 26.5. The molecule has 1 aromatic heterocycles. The molecule has 2 aromatic carbocycles. The van der Waals surface area contributed by atoms with Gasteiger partial charge < -0.3 is 28.4 Å². The smallest absolute Gasteiger partial charge is 0.303 e. The fraction of sp³-hybridized carbons (Fsp3) is 0.424. The van der Waals surface area contributed by atoms with Crippen LogP contribution in [0.5, 0.6) is 5.88 Å². The molecule has 1 aliphatic heterocycles. The summed E-state index contributed by atoms with van der Waals surface area (Å²) in [7, 11) is 0. The van der Waals surface area contributed by atoms with Crippen molar-refractivity contribution in [1.29, 1.82) is 0 Å². The van der Waals surface area contributed by atoms with Crippen LogP contribution >= 0.6 is 0 Å². The number of aromatic nitrogens is 2. The zero-order valence-electron chi connectivity index (χ0n) is 26.5. The van der Waals surface area contributed by atoms with E-state index in [0.717, 1.165) is 38.3 Å². The molecule has 0 N–H and O–H groups in total. The summed E-state index contributed by atoms with van der Waals surface area (Å²) < 4.78 is 49.5. The van der Waals surface area contributed by atoms with E-state index in [1.54, 1.807) is 16.8 Å². The predicted octanol–water partition coefficient (Wildman–Crippen LogP) is 3.93. The molecule has 0 bridgehead atoms. The van der Waals surface area contributed by atoms with Crippen molar-refractivity contribution in [1.82, 2.24) is 9.78 Å². The van der Waals surface area contributed by atoms with Gasteiger partial charge in [-0.25, -0.2) is 9.07 Å². The van der Waals surface area contributed by atoms with Gasteiger partial charge in [0.25, 0.3) is 0 Å². The van der Waals surface area contributed by atoms with Crippen LogP contribution in [0, 0.1) is 12.7 Å². The van der Waals surface area contributed by atoms with E-state index in [-0.39, 0.29) is 5.88 Å². The van der Waals surface area contributed by atoms with E-state index < -0.39 is 67.0 Å². The minimum Gasteiger partial charge on any atom is -0.463 e. The Labute approximate surface area is 265 Å². The normalized spacial score (nSPS) is 20.8. The first-order chi connectivity index (χ1) is 21.9. The standard InChI is InChI=1S/C33H37FN2O10/c1-7-23-8-10-24(11-9-23)16-27-18(2)36(26-14-12-25(34)13-15-26)35-32(27)46-33-31(44-22(6)40)30(43-21(5)39)29(42-20(4)38)28(45-33)17-41-19(3)37/h8-15,28-31,33H,7,16-17H2,1-6H3/t28-,29-,30+,31-,33+/m1/s1. The molecule has 1 saturated heterocycles. The highest BCUT2D eigenvalue weighted by Crippen LogP contribution is 2.34. The third-order valence-electron chi connectivity index (χ3n) is 7.26. The molecule has 0 spiro atoms. The van der Waals surface area contributed by atoms with Gasteiger partial charge >= 0.3 is 23.9 Å². The van der Waals surface area contributed by atoms with Gasteiger partial charge in [0.1, 0.15) is 18.5 Å². The molecule has 246 valence electrons. The van der Waals surface area contributed by atoms with Crippen molar-refractivity contribution in [2.45, 2.75) is 85.1 Å². The van der Waals surface area contributed by atoms with Crippen LogP contribution in [0.3, 0.4) is 0 Å². The summed E-state index contributed by atoms with van der Waals surface area (Å²) in [6.07, 6.45) is -5.60. The Morgan fingerprint density at radius 3 is 1.93 bits per heavy atom. The number of rotatable bonds is 11. The van der Waals surface area contributed by atoms with Gasteiger partial charge in [-0.2, -0.15) is 0 Å². The third kappa shape index (κ3) is 8.47. The van der Waals surface area contributed by atoms with Gasteiger partial charge in [0.05, 0.1) is 5.69 Å². The van der Waals surface area contributed by atoms with Gasteiger partial charge in [-0.1, -0.05) is 31.2 Å². The average Bonchev–Trinajstić information content (AvgIpc) is 3.29. The summed E-state index contributed by atoms with van der Waals surface area (Å²) in [5.74, 6) is -3.24. The van der Waals surface area contributed by atoms with Gasteiger partial charge in [0.15, 0.2) is 12.2 Å². The molecule has 0 amide bonds. The van der Waals surface area contributed by atoms with Crippen molar-refractivity contribution in [3.8, 4) is 11.6 Å². The summed E-state index contributed by atoms with van der Waals surface area (Å²) in [5.41, 5.74) is 3.98. The number of nitrogens with zero attached hydrogens (tertiary/aromatic N) is 2. The monoisotopic (exact) mass is 640 g/mol. The van der Waals surface area contributed by atoms with E-state index in [2.05, 4.69) is 12.0 Å². The fourth-order valence-electron chi connectivity index (χ4n) is 5.13. The van der Waals surface area contributed by atoms with Gasteiger partial charge in [0.2, 0.25) is 18.3 Å². The Hall–Kier alpha value is -4.78. The van der Waals surface area contributed by atoms with Crippen molar-refractivity contribution in [2.24, 2.45) is 0 Å². The van der Waals surface area contributed by atoms with Crippen LogP contribution in [0.4, 0.5) is 4.39 Å². The number of ether oxygens (including phenoxy) is 6. The second-order valence-corrected chi connectivity index (χ2v) is 10.8. The largest absolute Gasteiger partial charge is 0.463 e. The summed E-state index contributed by atoms with van der Waals surface area (Å²) in [4.78, 5) is 48.3. The van der Waals surface area contributed by atoms with E-state index >= 15 is 0 Å². The van der Waals surface area contributed by atoms with Crippen molar-refractivity contribution >= 4 is 23.9 Å². The Balaban J connectivity index is 1.81. The Kier molecular flexibility index (Phi) is 11.1. The van der Waals surface area contributed by atoms with Gasteiger partial charge in [-0.05, 0) is 48.7 Å². The number of aryl methyl sites for hydroxylation is 1. The number of hydrogen-bond acceptors (Lipinski definition) is 11. The first-order valence-electron chi connectivity index (χ1n) is 14.8. The van der Waals surface area contributed by atoms with Crippen molar-refractivity contribution in [3.63, 3.8) is 0 Å². The molecule has 2 heterocycles. The molecule has 4 rings (SSSR count). The van der Waals surface area contributed by atoms with Crippen LogP contribution in [0.15, 0.2) is 48.5 Å². The molecule has 1 aliphatic rings. The molecule has 0 aliphatic carbocycles. The summed E-state index contributed by atoms with van der Waals surface area (Å²) in [6.45, 7) is 8.09. The molecule has 0 unspecified atom stereocenters. The lowest BCUT2D eigenvalue weighted by atomic mass is 9.98. The second kappa shape index (κ2) is 15.0. The number of carbonyl (C=O) groups excluding carboxylic acids is 4. The molecular formula is C33H37FN2O10. The van der Waals surface area contributed by atoms with Crippen LogP contribution in [0.1, 0.15) is 57.0 Å². The Morgan fingerprint density at radius 2 is 1.37 bits per heavy atom. The molecule has 1 fully saturated rings. The molecule has 3 aromatic rings. The van der Waals surface area contributed by atoms with Crippen LogP contribution in [-0.4, -0.2) is 71.0 Å². The highest BCUT2D eigenvalue weighted by molar-refractivity contribution is 5.68. The van der Waals surface area contributed by atoms with Crippen molar-refractivity contribution in [3.05, 3.63) is 76.7 Å². The Morgan fingerprint density at radius 1 is 0.804 bits per heavy atom. The van der Waals surface area contributed by atoms with E-state index in [1.807, 2.05) is 31.2 Å². The maximum Gasteiger partial charge on any atom is 0.303 e. The van der Waals surface area contributed by atoms with Crippen molar-refractivity contribution < 1.29 is 52.0 Å². The highest BCUT2D eigenvalue weighted by Gasteiger charge is 2.53. The summed E-state index contributed by atoms with van der Waals surface area (Å²) >= 11 is 0. The lowest BCUT2D eigenvalue weighted by Gasteiger charge is -2.43. The van der Waals surface area contributed by atoms with E-state index in [1.165, 1.54) is 19.1 Å². The van der Waals surface area contributed by atoms with Gasteiger partial charge in [0, 0.05) is 45.4 Å². The molecule has 46 heavy (non-hydrogen) atoms. The number of hydrogen-bond donors (Lipinski definition) is 0. The number of carbonyl (C=O) groups is 4. The minimum atomic E-state index is -1.47. The Bertz CT molecular complexity index is 1550. The molecule has 12 nitrogen and oxygen atoms in total. The fourth-order valence-corrected chi connectivity index (χ4v) is 5.13. The first-order valence-corrected chi connectivity index (χ1v) is 14.8. The lowest BCUT2D eigenvalue weighted by Crippen LogP contribution is -2.63. The summed E-state index contributed by atoms with van der Waals surface area (Å²) in [6, 6.07) is 13.8. The first kappa shape index (κ1) is 34.1. The van der Waals surface area contributed by atoms with Crippen LogP contribution in [-0.2, 0) is 55.7 Å². The average molecular weight is 641 g/mol. The number of halogens is 1. The van der Waals surface area contributed by atoms with E-state index in [4.69, 9.17) is 28.4 Å². The maximum absolute atomic E-state index is 13.8. The number of benzene rings is 2. The SMILES string of the molecule is CCc1ccc(Cc2c(O[C@@H]3O[C@H](COC(C)=O)[C@@H](OC(C)=O)[C@H](OC(C)=O)[C@H]3OC(C)=O)nn(-c3ccc(F)cc3)c2C)cc1. The molecular weight excluding hydrogens is 603 g/mol. The quantitative estimate of drug-likeness (QED) is 0.222. The third-order valence-corrected chi connectivity index (χ3v) is 7.26.